The minimum absolute atomic E-state index is 0.294. The van der Waals surface area contributed by atoms with Crippen LogP contribution in [0.5, 0.6) is 0 Å². The van der Waals surface area contributed by atoms with E-state index in [1.807, 2.05) is 36.5 Å². The zero-order chi connectivity index (χ0) is 16.2. The topological polar surface area (TPSA) is 53.9 Å². The molecule has 1 N–H and O–H groups in total. The molecular weight excluding hydrogens is 298 g/mol. The molecule has 5 heteroatoms. The van der Waals surface area contributed by atoms with Gasteiger partial charge in [-0.25, -0.2) is 9.97 Å². The van der Waals surface area contributed by atoms with Crippen molar-refractivity contribution in [2.75, 3.05) is 24.5 Å². The Kier molecular flexibility index (Phi) is 4.16. The summed E-state index contributed by atoms with van der Waals surface area (Å²) in [6.07, 6.45) is 3.60. The molecule has 1 atom stereocenters. The molecule has 0 amide bonds. The Morgan fingerprint density at radius 1 is 0.875 bits per heavy atom. The summed E-state index contributed by atoms with van der Waals surface area (Å²) in [5.74, 6) is 0.764. The van der Waals surface area contributed by atoms with Gasteiger partial charge in [0.15, 0.2) is 0 Å². The largest absolute Gasteiger partial charge is 0.338 e. The Balaban J connectivity index is 1.57. The summed E-state index contributed by atoms with van der Waals surface area (Å²) in [4.78, 5) is 15.8. The third-order valence-corrected chi connectivity index (χ3v) is 4.23. The third kappa shape index (κ3) is 3.12. The second-order valence-electron chi connectivity index (χ2n) is 5.82. The molecule has 4 rings (SSSR count). The number of hydrogen-bond acceptors (Lipinski definition) is 5. The number of rotatable bonds is 3. The molecule has 0 bridgehead atoms. The minimum atomic E-state index is 0.294. The average Bonchev–Trinajstić information content (AvgIpc) is 2.70. The van der Waals surface area contributed by atoms with Crippen LogP contribution in [0.1, 0.15) is 11.6 Å². The molecule has 1 unspecified atom stereocenters. The lowest BCUT2D eigenvalue weighted by atomic mass is 10.0. The highest BCUT2D eigenvalue weighted by Crippen LogP contribution is 2.21. The van der Waals surface area contributed by atoms with Crippen molar-refractivity contribution < 1.29 is 0 Å². The van der Waals surface area contributed by atoms with E-state index in [0.717, 1.165) is 37.0 Å². The van der Waals surface area contributed by atoms with Crippen molar-refractivity contribution >= 4 is 5.95 Å². The molecule has 3 aromatic rings. The van der Waals surface area contributed by atoms with Crippen LogP contribution in [-0.4, -0.2) is 34.6 Å². The van der Waals surface area contributed by atoms with Gasteiger partial charge in [-0.1, -0.05) is 36.4 Å². The van der Waals surface area contributed by atoms with Crippen LogP contribution in [0.3, 0.4) is 0 Å². The standard InChI is InChI=1S/C19H19N5/c1-2-6-15(7-3-1)18-14-24(13-12-21-18)19-22-11-9-17(23-19)16-8-4-5-10-20-16/h1-11,18,21H,12-14H2. The molecular formula is C19H19N5. The van der Waals surface area contributed by atoms with Gasteiger partial charge in [0.2, 0.25) is 5.95 Å². The predicted octanol–water partition coefficient (Wildman–Crippen LogP) is 2.69. The van der Waals surface area contributed by atoms with Crippen LogP contribution >= 0.6 is 0 Å². The minimum Gasteiger partial charge on any atom is -0.338 e. The van der Waals surface area contributed by atoms with E-state index in [1.165, 1.54) is 5.56 Å². The highest BCUT2D eigenvalue weighted by molar-refractivity contribution is 5.55. The fourth-order valence-electron chi connectivity index (χ4n) is 3.00. The number of pyridine rings is 1. The number of benzene rings is 1. The zero-order valence-electron chi connectivity index (χ0n) is 13.3. The van der Waals surface area contributed by atoms with Crippen molar-refractivity contribution in [3.8, 4) is 11.4 Å². The lowest BCUT2D eigenvalue weighted by molar-refractivity contribution is 0.467. The van der Waals surface area contributed by atoms with Crippen molar-refractivity contribution in [3.05, 3.63) is 72.6 Å². The van der Waals surface area contributed by atoms with Crippen molar-refractivity contribution in [3.63, 3.8) is 0 Å². The molecule has 0 radical (unpaired) electrons. The molecule has 1 aliphatic rings. The maximum atomic E-state index is 4.72. The first kappa shape index (κ1) is 14.8. The predicted molar refractivity (Wildman–Crippen MR) is 94.7 cm³/mol. The van der Waals surface area contributed by atoms with Gasteiger partial charge in [0.1, 0.15) is 0 Å². The van der Waals surface area contributed by atoms with Gasteiger partial charge >= 0.3 is 0 Å². The summed E-state index contributed by atoms with van der Waals surface area (Å²) in [6, 6.07) is 18.6. The molecule has 24 heavy (non-hydrogen) atoms. The molecule has 120 valence electrons. The first-order chi connectivity index (χ1) is 11.9. The van der Waals surface area contributed by atoms with Gasteiger partial charge < -0.3 is 10.2 Å². The van der Waals surface area contributed by atoms with E-state index < -0.39 is 0 Å². The second-order valence-corrected chi connectivity index (χ2v) is 5.82. The molecule has 0 saturated carbocycles. The average molecular weight is 317 g/mol. The van der Waals surface area contributed by atoms with Crippen molar-refractivity contribution in [1.82, 2.24) is 20.3 Å². The molecule has 3 heterocycles. The normalized spacial score (nSPS) is 17.7. The zero-order valence-corrected chi connectivity index (χ0v) is 13.3. The summed E-state index contributed by atoms with van der Waals surface area (Å²) in [5.41, 5.74) is 3.02. The van der Waals surface area contributed by atoms with E-state index in [-0.39, 0.29) is 0 Å². The molecule has 0 aliphatic carbocycles. The fourth-order valence-corrected chi connectivity index (χ4v) is 3.00. The van der Waals surface area contributed by atoms with Crippen LogP contribution in [0, 0.1) is 0 Å². The highest BCUT2D eigenvalue weighted by atomic mass is 15.3. The molecule has 2 aromatic heterocycles. The van der Waals surface area contributed by atoms with E-state index in [0.29, 0.717) is 6.04 Å². The van der Waals surface area contributed by atoms with Gasteiger partial charge in [0, 0.05) is 38.1 Å². The first-order valence-electron chi connectivity index (χ1n) is 8.18. The Hall–Kier alpha value is -2.79. The van der Waals surface area contributed by atoms with Gasteiger partial charge in [-0.05, 0) is 23.8 Å². The Morgan fingerprint density at radius 2 is 1.75 bits per heavy atom. The summed E-state index contributed by atoms with van der Waals surface area (Å²) in [7, 11) is 0. The monoisotopic (exact) mass is 317 g/mol. The van der Waals surface area contributed by atoms with E-state index in [1.54, 1.807) is 6.20 Å². The van der Waals surface area contributed by atoms with Crippen LogP contribution in [0.4, 0.5) is 5.95 Å². The van der Waals surface area contributed by atoms with Crippen LogP contribution in [0.25, 0.3) is 11.4 Å². The van der Waals surface area contributed by atoms with Gasteiger partial charge in [0.25, 0.3) is 0 Å². The fraction of sp³-hybridized carbons (Fsp3) is 0.211. The Labute approximate surface area is 141 Å². The number of hydrogen-bond donors (Lipinski definition) is 1. The summed E-state index contributed by atoms with van der Waals surface area (Å²) in [6.45, 7) is 2.67. The van der Waals surface area contributed by atoms with Crippen molar-refractivity contribution in [2.24, 2.45) is 0 Å². The maximum absolute atomic E-state index is 4.72. The molecule has 5 nitrogen and oxygen atoms in total. The summed E-state index contributed by atoms with van der Waals surface area (Å²) in [5, 5.41) is 3.57. The number of anilines is 1. The number of nitrogens with zero attached hydrogens (tertiary/aromatic N) is 4. The molecule has 1 fully saturated rings. The Morgan fingerprint density at radius 3 is 2.58 bits per heavy atom. The highest BCUT2D eigenvalue weighted by Gasteiger charge is 2.22. The van der Waals surface area contributed by atoms with Crippen LogP contribution in [0.15, 0.2) is 67.0 Å². The number of nitrogens with one attached hydrogen (secondary N) is 1. The SMILES string of the molecule is c1ccc(C2CN(c3nccc(-c4ccccn4)n3)CCN2)cc1. The van der Waals surface area contributed by atoms with Gasteiger partial charge in [-0.15, -0.1) is 0 Å². The van der Waals surface area contributed by atoms with Crippen LogP contribution in [0.2, 0.25) is 0 Å². The van der Waals surface area contributed by atoms with E-state index >= 15 is 0 Å². The lowest BCUT2D eigenvalue weighted by Crippen LogP contribution is -2.46. The Bertz CT molecular complexity index is 791. The quantitative estimate of drug-likeness (QED) is 0.805. The summed E-state index contributed by atoms with van der Waals surface area (Å²) >= 11 is 0. The number of piperazine rings is 1. The van der Waals surface area contributed by atoms with Gasteiger partial charge in [-0.3, -0.25) is 4.98 Å². The van der Waals surface area contributed by atoms with E-state index in [9.17, 15) is 0 Å². The summed E-state index contributed by atoms with van der Waals surface area (Å²) < 4.78 is 0. The molecule has 1 aromatic carbocycles. The third-order valence-electron chi connectivity index (χ3n) is 4.23. The lowest BCUT2D eigenvalue weighted by Gasteiger charge is -2.34. The number of aromatic nitrogens is 3. The second kappa shape index (κ2) is 6.76. The van der Waals surface area contributed by atoms with Gasteiger partial charge in [-0.2, -0.15) is 0 Å². The molecule has 0 spiro atoms. The van der Waals surface area contributed by atoms with E-state index in [2.05, 4.69) is 44.5 Å². The van der Waals surface area contributed by atoms with Crippen LogP contribution < -0.4 is 10.2 Å². The smallest absolute Gasteiger partial charge is 0.226 e. The molecule has 1 aliphatic heterocycles. The van der Waals surface area contributed by atoms with Crippen molar-refractivity contribution in [2.45, 2.75) is 6.04 Å². The van der Waals surface area contributed by atoms with Crippen molar-refractivity contribution in [1.29, 1.82) is 0 Å². The van der Waals surface area contributed by atoms with E-state index in [4.69, 9.17) is 4.98 Å². The van der Waals surface area contributed by atoms with Gasteiger partial charge in [0.05, 0.1) is 11.4 Å². The van der Waals surface area contributed by atoms with Crippen LogP contribution in [-0.2, 0) is 0 Å². The maximum Gasteiger partial charge on any atom is 0.226 e. The first-order valence-corrected chi connectivity index (χ1v) is 8.18. The molecule has 1 saturated heterocycles.